The number of benzene rings is 2. The third-order valence-electron chi connectivity index (χ3n) is 5.60. The number of aliphatic hydroxyl groups is 1. The monoisotopic (exact) mass is 366 g/mol. The van der Waals surface area contributed by atoms with Crippen LogP contribution in [0.1, 0.15) is 40.9 Å². The van der Waals surface area contributed by atoms with Crippen molar-refractivity contribution in [1.29, 1.82) is 0 Å². The zero-order valence-electron chi connectivity index (χ0n) is 15.2. The molecule has 140 valence electrons. The van der Waals surface area contributed by atoms with Gasteiger partial charge in [-0.05, 0) is 60.9 Å². The lowest BCUT2D eigenvalue weighted by molar-refractivity contribution is 0.0701. The molecule has 0 unspecified atom stereocenters. The number of hydrogen-bond acceptors (Lipinski definition) is 3. The Bertz CT molecular complexity index is 878. The molecular weight excluding hydrogens is 343 g/mol. The van der Waals surface area contributed by atoms with Crippen molar-refractivity contribution in [2.45, 2.75) is 25.4 Å². The molecule has 27 heavy (non-hydrogen) atoms. The van der Waals surface area contributed by atoms with Gasteiger partial charge in [-0.2, -0.15) is 0 Å². The molecule has 2 aliphatic rings. The van der Waals surface area contributed by atoms with E-state index in [0.717, 1.165) is 23.2 Å². The van der Waals surface area contributed by atoms with Gasteiger partial charge < -0.3 is 15.3 Å². The third-order valence-corrected chi connectivity index (χ3v) is 5.60. The molecule has 2 aromatic carbocycles. The Kier molecular flexibility index (Phi) is 4.70. The number of fused-ring (bicyclic) bond motifs is 3. The van der Waals surface area contributed by atoms with Crippen LogP contribution in [0.15, 0.2) is 48.5 Å². The summed E-state index contributed by atoms with van der Waals surface area (Å²) in [4.78, 5) is 15.0. The highest BCUT2D eigenvalue weighted by molar-refractivity contribution is 5.95. The highest BCUT2D eigenvalue weighted by Gasteiger charge is 2.45. The van der Waals surface area contributed by atoms with E-state index >= 15 is 0 Å². The molecule has 0 aliphatic carbocycles. The number of likely N-dealkylation sites (tertiary alicyclic amines) is 1. The lowest BCUT2D eigenvalue weighted by atomic mass is 9.82. The van der Waals surface area contributed by atoms with Gasteiger partial charge in [-0.25, -0.2) is 4.39 Å². The van der Waals surface area contributed by atoms with Crippen LogP contribution in [-0.2, 0) is 0 Å². The van der Waals surface area contributed by atoms with Crippen molar-refractivity contribution in [3.05, 3.63) is 71.0 Å². The lowest BCUT2D eigenvalue weighted by Gasteiger charge is -2.39. The molecule has 0 spiro atoms. The average molecular weight is 366 g/mol. The number of rotatable bonds is 3. The predicted octanol–water partition coefficient (Wildman–Crippen LogP) is 3.85. The topological polar surface area (TPSA) is 52.6 Å². The third kappa shape index (κ3) is 3.12. The molecule has 4 rings (SSSR count). The number of amides is 1. The molecule has 3 atom stereocenters. The smallest absolute Gasteiger partial charge is 0.254 e. The van der Waals surface area contributed by atoms with Crippen LogP contribution >= 0.6 is 0 Å². The van der Waals surface area contributed by atoms with Crippen LogP contribution in [0, 0.1) is 11.7 Å². The van der Waals surface area contributed by atoms with E-state index in [1.54, 1.807) is 0 Å². The molecule has 0 aromatic heterocycles. The summed E-state index contributed by atoms with van der Waals surface area (Å²) in [7, 11) is 0. The summed E-state index contributed by atoms with van der Waals surface area (Å²) in [6, 6.07) is 11.7. The second-order valence-electron chi connectivity index (χ2n) is 7.18. The van der Waals surface area contributed by atoms with Crippen LogP contribution in [0.4, 0.5) is 10.1 Å². The van der Waals surface area contributed by atoms with Gasteiger partial charge in [-0.1, -0.05) is 18.2 Å². The van der Waals surface area contributed by atoms with Gasteiger partial charge in [0, 0.05) is 23.7 Å². The normalized spacial score (nSPS) is 23.8. The van der Waals surface area contributed by atoms with Crippen molar-refractivity contribution in [2.75, 3.05) is 18.5 Å². The van der Waals surface area contributed by atoms with Gasteiger partial charge in [-0.3, -0.25) is 4.79 Å². The van der Waals surface area contributed by atoms with Gasteiger partial charge in [0.1, 0.15) is 5.82 Å². The minimum atomic E-state index is -0.352. The zero-order valence-corrected chi connectivity index (χ0v) is 15.2. The van der Waals surface area contributed by atoms with Crippen molar-refractivity contribution in [2.24, 2.45) is 5.92 Å². The Hall–Kier alpha value is -2.66. The molecule has 2 aliphatic heterocycles. The van der Waals surface area contributed by atoms with Gasteiger partial charge in [0.15, 0.2) is 0 Å². The molecular formula is C22H23FN2O2. The van der Waals surface area contributed by atoms with Gasteiger partial charge in [0.25, 0.3) is 5.91 Å². The Morgan fingerprint density at radius 3 is 2.78 bits per heavy atom. The molecule has 5 heteroatoms. The Morgan fingerprint density at radius 1 is 1.30 bits per heavy atom. The minimum Gasteiger partial charge on any atom is -0.394 e. The number of hydrogen-bond donors (Lipinski definition) is 2. The predicted molar refractivity (Wildman–Crippen MR) is 104 cm³/mol. The molecule has 2 aromatic rings. The minimum absolute atomic E-state index is 0.0236. The molecule has 1 saturated heterocycles. The van der Waals surface area contributed by atoms with E-state index in [1.165, 1.54) is 24.3 Å². The quantitative estimate of drug-likeness (QED) is 0.868. The molecule has 2 N–H and O–H groups in total. The molecule has 0 saturated carbocycles. The maximum absolute atomic E-state index is 13.2. The van der Waals surface area contributed by atoms with Crippen LogP contribution in [-0.4, -0.2) is 35.1 Å². The van der Waals surface area contributed by atoms with E-state index in [0.29, 0.717) is 12.1 Å². The van der Waals surface area contributed by atoms with E-state index < -0.39 is 0 Å². The first-order valence-corrected chi connectivity index (χ1v) is 9.33. The summed E-state index contributed by atoms with van der Waals surface area (Å²) < 4.78 is 13.2. The second-order valence-corrected chi connectivity index (χ2v) is 7.18. The first kappa shape index (κ1) is 17.7. The Labute approximate surface area is 158 Å². The van der Waals surface area contributed by atoms with Gasteiger partial charge >= 0.3 is 0 Å². The zero-order chi connectivity index (χ0) is 19.0. The number of allylic oxidation sites excluding steroid dienone is 1. The summed E-state index contributed by atoms with van der Waals surface area (Å²) in [5.41, 5.74) is 3.61. The van der Waals surface area contributed by atoms with Gasteiger partial charge in [0.2, 0.25) is 0 Å². The Balaban J connectivity index is 1.74. The second kappa shape index (κ2) is 7.16. The van der Waals surface area contributed by atoms with Crippen molar-refractivity contribution in [3.8, 4) is 0 Å². The standard InChI is InChI=1S/C22H23FN2O2/c1-2-3-14-4-9-19-18(12-14)21-17(20(13-26)24-19)10-11-25(21)22(27)15-5-7-16(23)8-6-15/h2-9,12,17,20-21,24,26H,10-11,13H2,1H3/b3-2+/t17-,20+,21-/m1/s1. The maximum atomic E-state index is 13.2. The number of halogens is 1. The van der Waals surface area contributed by atoms with Crippen molar-refractivity contribution in [1.82, 2.24) is 4.90 Å². The molecule has 0 radical (unpaired) electrons. The van der Waals surface area contributed by atoms with Crippen LogP contribution in [0.3, 0.4) is 0 Å². The first-order valence-electron chi connectivity index (χ1n) is 9.33. The van der Waals surface area contributed by atoms with Crippen LogP contribution in [0.5, 0.6) is 0 Å². The number of carbonyl (C=O) groups is 1. The molecule has 0 bridgehead atoms. The van der Waals surface area contributed by atoms with Crippen LogP contribution < -0.4 is 5.32 Å². The summed E-state index contributed by atoms with van der Waals surface area (Å²) in [6.45, 7) is 2.62. The average Bonchev–Trinajstić information content (AvgIpc) is 3.13. The van der Waals surface area contributed by atoms with Gasteiger partial charge in [-0.15, -0.1) is 0 Å². The number of nitrogens with zero attached hydrogens (tertiary/aromatic N) is 1. The van der Waals surface area contributed by atoms with Crippen molar-refractivity contribution in [3.63, 3.8) is 0 Å². The number of carbonyl (C=O) groups excluding carboxylic acids is 1. The summed E-state index contributed by atoms with van der Waals surface area (Å²) in [6.07, 6.45) is 4.85. The molecule has 1 amide bonds. The summed E-state index contributed by atoms with van der Waals surface area (Å²) in [5.74, 6) is -0.300. The Morgan fingerprint density at radius 2 is 2.07 bits per heavy atom. The fraction of sp³-hybridized carbons (Fsp3) is 0.318. The van der Waals surface area contributed by atoms with E-state index in [-0.39, 0.29) is 36.3 Å². The fourth-order valence-electron chi connectivity index (χ4n) is 4.36. The van der Waals surface area contributed by atoms with Crippen LogP contribution in [0.2, 0.25) is 0 Å². The SMILES string of the molecule is C/C=C/c1ccc2c(c1)[C@H]1[C@H](CCN1C(=O)c1ccc(F)cc1)[C@H](CO)N2. The van der Waals surface area contributed by atoms with E-state index in [2.05, 4.69) is 11.4 Å². The lowest BCUT2D eigenvalue weighted by Crippen LogP contribution is -2.42. The van der Waals surface area contributed by atoms with Crippen molar-refractivity contribution < 1.29 is 14.3 Å². The summed E-state index contributed by atoms with van der Waals surface area (Å²) >= 11 is 0. The fourth-order valence-corrected chi connectivity index (χ4v) is 4.36. The number of anilines is 1. The highest BCUT2D eigenvalue weighted by Crippen LogP contribution is 2.47. The molecule has 2 heterocycles. The van der Waals surface area contributed by atoms with E-state index in [9.17, 15) is 14.3 Å². The maximum Gasteiger partial charge on any atom is 0.254 e. The number of nitrogens with one attached hydrogen (secondary N) is 1. The highest BCUT2D eigenvalue weighted by atomic mass is 19.1. The number of aliphatic hydroxyl groups excluding tert-OH is 1. The van der Waals surface area contributed by atoms with E-state index in [4.69, 9.17) is 0 Å². The molecule has 1 fully saturated rings. The first-order chi connectivity index (χ1) is 13.1. The summed E-state index contributed by atoms with van der Waals surface area (Å²) in [5, 5.41) is 13.3. The largest absolute Gasteiger partial charge is 0.394 e. The van der Waals surface area contributed by atoms with Gasteiger partial charge in [0.05, 0.1) is 18.7 Å². The molecule has 4 nitrogen and oxygen atoms in total. The van der Waals surface area contributed by atoms with Crippen molar-refractivity contribution >= 4 is 17.7 Å². The van der Waals surface area contributed by atoms with E-state index in [1.807, 2.05) is 36.1 Å². The van der Waals surface area contributed by atoms with Crippen LogP contribution in [0.25, 0.3) is 6.08 Å².